The molecule has 0 fully saturated rings. The summed E-state index contributed by atoms with van der Waals surface area (Å²) in [6.07, 6.45) is 0. The van der Waals surface area contributed by atoms with E-state index in [9.17, 15) is 0 Å². The molecule has 0 spiro atoms. The Hall–Kier alpha value is -0.206. The average Bonchev–Trinajstić information content (AvgIpc) is 1.90. The zero-order chi connectivity index (χ0) is 6.69. The summed E-state index contributed by atoms with van der Waals surface area (Å²) in [5.74, 6) is -0.685. The van der Waals surface area contributed by atoms with Gasteiger partial charge in [0.15, 0.2) is 0 Å². The third kappa shape index (κ3) is 2.59. The quantitative estimate of drug-likeness (QED) is 0.422. The fourth-order valence-corrected chi connectivity index (χ4v) is 0.532. The molecule has 2 nitrogen and oxygen atoms in total. The fourth-order valence-electron chi connectivity index (χ4n) is 0.532. The second-order valence-corrected chi connectivity index (χ2v) is 1.60. The van der Waals surface area contributed by atoms with Crippen LogP contribution in [-0.2, 0) is 32.7 Å². The van der Waals surface area contributed by atoms with Gasteiger partial charge < -0.3 is 10.5 Å². The van der Waals surface area contributed by atoms with Crippen LogP contribution >= 0.6 is 0 Å². The van der Waals surface area contributed by atoms with Gasteiger partial charge in [0, 0.05) is 32.7 Å². The zero-order valence-electron chi connectivity index (χ0n) is 5.28. The van der Waals surface area contributed by atoms with E-state index in [0.717, 1.165) is 0 Å². The first-order chi connectivity index (χ1) is 4.30. The molecule has 0 saturated heterocycles. The predicted octanol–water partition coefficient (Wildman–Crippen LogP) is 1.36. The third-order valence-electron chi connectivity index (χ3n) is 0.950. The van der Waals surface area contributed by atoms with Crippen molar-refractivity contribution in [3.05, 3.63) is 41.3 Å². The Labute approximate surface area is 84.7 Å². The molecule has 0 heterocycles. The van der Waals surface area contributed by atoms with Crippen LogP contribution in [0.15, 0.2) is 24.3 Å². The third-order valence-corrected chi connectivity index (χ3v) is 0.950. The minimum atomic E-state index is -0.685. The molecule has 10 heavy (non-hydrogen) atoms. The van der Waals surface area contributed by atoms with Gasteiger partial charge in [-0.25, -0.2) is 0 Å². The van der Waals surface area contributed by atoms with Gasteiger partial charge in [-0.15, -0.1) is 35.9 Å². The van der Waals surface area contributed by atoms with Crippen LogP contribution in [0.1, 0.15) is 5.56 Å². The maximum Gasteiger partial charge on any atom is 0 e. The van der Waals surface area contributed by atoms with Crippen LogP contribution in [0.3, 0.4) is 0 Å². The molecule has 0 unspecified atom stereocenters. The molecule has 0 aliphatic heterocycles. The van der Waals surface area contributed by atoms with E-state index in [1.54, 1.807) is 24.3 Å². The number of hydrogen-bond donors (Lipinski definition) is 1. The van der Waals surface area contributed by atoms with Gasteiger partial charge in [-0.2, -0.15) is 0 Å². The molecule has 0 aliphatic rings. The summed E-state index contributed by atoms with van der Waals surface area (Å²) in [7, 11) is 0. The SMILES string of the molecule is [N-]=C(O)c1[c-]cccc1.[Y]. The first-order valence-corrected chi connectivity index (χ1v) is 2.52. The van der Waals surface area contributed by atoms with Crippen molar-refractivity contribution in [2.45, 2.75) is 0 Å². The predicted molar refractivity (Wildman–Crippen MR) is 35.4 cm³/mol. The maximum absolute atomic E-state index is 8.46. The van der Waals surface area contributed by atoms with E-state index in [1.165, 1.54) is 0 Å². The second-order valence-electron chi connectivity index (χ2n) is 1.60. The summed E-state index contributed by atoms with van der Waals surface area (Å²) < 4.78 is 0. The van der Waals surface area contributed by atoms with E-state index in [4.69, 9.17) is 10.5 Å². The number of aliphatic hydroxyl groups excluding tert-OH is 1. The van der Waals surface area contributed by atoms with Crippen LogP contribution in [0.2, 0.25) is 0 Å². The molecule has 0 atom stereocenters. The normalized spacial score (nSPS) is 8.00. The monoisotopic (exact) mass is 208 g/mol. The summed E-state index contributed by atoms with van der Waals surface area (Å²) >= 11 is 0. The van der Waals surface area contributed by atoms with Crippen LogP contribution in [0, 0.1) is 6.07 Å². The second kappa shape index (κ2) is 4.58. The number of rotatable bonds is 1. The van der Waals surface area contributed by atoms with E-state index in [2.05, 4.69) is 6.07 Å². The number of nitrogens with zero attached hydrogens (tertiary/aromatic N) is 1. The summed E-state index contributed by atoms with van der Waals surface area (Å²) in [5.41, 5.74) is 0.317. The van der Waals surface area contributed by atoms with Crippen LogP contribution < -0.4 is 0 Å². The standard InChI is InChI=1S/C7H5NO.Y/c8-7(9)6-4-2-1-3-5-6;/h1-4H,(H-,8,9);/q-2;. The Morgan fingerprint density at radius 1 is 1.50 bits per heavy atom. The van der Waals surface area contributed by atoms with Crippen molar-refractivity contribution in [2.75, 3.05) is 0 Å². The van der Waals surface area contributed by atoms with Gasteiger partial charge in [-0.1, -0.05) is 5.90 Å². The Bertz CT molecular complexity index is 210. The first kappa shape index (κ1) is 9.79. The molecule has 0 amide bonds. The largest absolute Gasteiger partial charge is 0.824 e. The Morgan fingerprint density at radius 3 is 2.50 bits per heavy atom. The van der Waals surface area contributed by atoms with E-state index in [1.807, 2.05) is 0 Å². The number of benzene rings is 1. The van der Waals surface area contributed by atoms with Crippen LogP contribution in [0.4, 0.5) is 0 Å². The van der Waals surface area contributed by atoms with Crippen LogP contribution in [0.5, 0.6) is 0 Å². The van der Waals surface area contributed by atoms with Crippen molar-refractivity contribution in [1.29, 1.82) is 0 Å². The summed E-state index contributed by atoms with van der Waals surface area (Å²) in [4.78, 5) is 0. The summed E-state index contributed by atoms with van der Waals surface area (Å²) in [5, 5.41) is 16.9. The Balaban J connectivity index is 0.000000810. The summed E-state index contributed by atoms with van der Waals surface area (Å²) in [6, 6.07) is 9.27. The van der Waals surface area contributed by atoms with Crippen molar-refractivity contribution in [2.24, 2.45) is 0 Å². The Morgan fingerprint density at radius 2 is 2.20 bits per heavy atom. The van der Waals surface area contributed by atoms with Crippen molar-refractivity contribution in [3.63, 3.8) is 0 Å². The molecular formula is C7H5NOY-2. The molecule has 1 N–H and O–H groups in total. The molecule has 0 bridgehead atoms. The van der Waals surface area contributed by atoms with Crippen molar-refractivity contribution >= 4 is 5.90 Å². The number of hydrogen-bond acceptors (Lipinski definition) is 0. The average molecular weight is 208 g/mol. The molecule has 1 radical (unpaired) electrons. The van der Waals surface area contributed by atoms with Gasteiger partial charge in [0.1, 0.15) is 0 Å². The van der Waals surface area contributed by atoms with Crippen molar-refractivity contribution < 1.29 is 37.8 Å². The minimum absolute atomic E-state index is 0. The Kier molecular flexibility index (Phi) is 4.49. The van der Waals surface area contributed by atoms with Gasteiger partial charge in [0.25, 0.3) is 0 Å². The van der Waals surface area contributed by atoms with E-state index < -0.39 is 5.90 Å². The number of aliphatic hydroxyl groups is 1. The molecule has 1 aromatic carbocycles. The molecule has 49 valence electrons. The summed E-state index contributed by atoms with van der Waals surface area (Å²) in [6.45, 7) is 0. The molecule has 1 aromatic rings. The minimum Gasteiger partial charge on any atom is -0.824 e. The molecular weight excluding hydrogens is 203 g/mol. The van der Waals surface area contributed by atoms with E-state index in [0.29, 0.717) is 5.56 Å². The van der Waals surface area contributed by atoms with Crippen LogP contribution in [-0.4, -0.2) is 11.0 Å². The zero-order valence-corrected chi connectivity index (χ0v) is 8.12. The van der Waals surface area contributed by atoms with Gasteiger partial charge in [-0.3, -0.25) is 0 Å². The first-order valence-electron chi connectivity index (χ1n) is 2.52. The molecule has 0 aliphatic carbocycles. The fraction of sp³-hybridized carbons (Fsp3) is 0. The maximum atomic E-state index is 8.46. The van der Waals surface area contributed by atoms with Crippen molar-refractivity contribution in [1.82, 2.24) is 0 Å². The van der Waals surface area contributed by atoms with Crippen molar-refractivity contribution in [3.8, 4) is 0 Å². The van der Waals surface area contributed by atoms with E-state index >= 15 is 0 Å². The van der Waals surface area contributed by atoms with Gasteiger partial charge in [0.2, 0.25) is 0 Å². The topological polar surface area (TPSA) is 42.5 Å². The van der Waals surface area contributed by atoms with Gasteiger partial charge in [-0.05, 0) is 0 Å². The molecule has 0 aromatic heterocycles. The smallest absolute Gasteiger partial charge is 0 e. The molecule has 0 saturated carbocycles. The van der Waals surface area contributed by atoms with Gasteiger partial charge in [0.05, 0.1) is 0 Å². The molecule has 3 heteroatoms. The molecule has 1 rings (SSSR count). The van der Waals surface area contributed by atoms with E-state index in [-0.39, 0.29) is 32.7 Å². The van der Waals surface area contributed by atoms with Crippen LogP contribution in [0.25, 0.3) is 5.41 Å². The van der Waals surface area contributed by atoms with Gasteiger partial charge >= 0.3 is 0 Å².